The average molecular weight is 272 g/mol. The van der Waals surface area contributed by atoms with E-state index in [4.69, 9.17) is 10.7 Å². The molecule has 1 aliphatic rings. The highest BCUT2D eigenvalue weighted by molar-refractivity contribution is 7.12. The van der Waals surface area contributed by atoms with E-state index in [0.717, 1.165) is 12.1 Å². The lowest BCUT2D eigenvalue weighted by Crippen LogP contribution is -2.02. The van der Waals surface area contributed by atoms with Gasteiger partial charge in [0, 0.05) is 16.4 Å². The molecular formula is C16H20N2S. The number of rotatable bonds is 4. The number of hydrogen-bond acceptors (Lipinski definition) is 3. The maximum absolute atomic E-state index is 5.75. The van der Waals surface area contributed by atoms with E-state index in [2.05, 4.69) is 30.3 Å². The van der Waals surface area contributed by atoms with Crippen LogP contribution in [-0.2, 0) is 6.42 Å². The van der Waals surface area contributed by atoms with Crippen molar-refractivity contribution in [3.05, 3.63) is 40.2 Å². The van der Waals surface area contributed by atoms with E-state index in [-0.39, 0.29) is 0 Å². The maximum Gasteiger partial charge on any atom is 0.0966 e. The first-order chi connectivity index (χ1) is 9.38. The summed E-state index contributed by atoms with van der Waals surface area (Å²) < 4.78 is 0. The van der Waals surface area contributed by atoms with E-state index in [1.807, 2.05) is 11.3 Å². The smallest absolute Gasteiger partial charge is 0.0966 e. The Kier molecular flexibility index (Phi) is 3.95. The monoisotopic (exact) mass is 272 g/mol. The van der Waals surface area contributed by atoms with E-state index < -0.39 is 0 Å². The number of thiazole rings is 1. The summed E-state index contributed by atoms with van der Waals surface area (Å²) in [7, 11) is 0. The maximum atomic E-state index is 5.75. The zero-order valence-electron chi connectivity index (χ0n) is 11.1. The Labute approximate surface area is 118 Å². The highest BCUT2D eigenvalue weighted by Gasteiger charge is 2.22. The van der Waals surface area contributed by atoms with Crippen LogP contribution in [0, 0.1) is 0 Å². The molecule has 0 saturated heterocycles. The molecule has 0 unspecified atom stereocenters. The van der Waals surface area contributed by atoms with Crippen molar-refractivity contribution in [3.8, 4) is 11.3 Å². The zero-order valence-corrected chi connectivity index (χ0v) is 12.0. The van der Waals surface area contributed by atoms with Crippen molar-refractivity contribution in [2.75, 3.05) is 6.54 Å². The number of nitrogens with two attached hydrogens (primary N) is 1. The van der Waals surface area contributed by atoms with Gasteiger partial charge in [-0.2, -0.15) is 0 Å². The van der Waals surface area contributed by atoms with E-state index in [9.17, 15) is 0 Å². The molecule has 1 saturated carbocycles. The Bertz CT molecular complexity index is 527. The molecule has 1 aliphatic carbocycles. The van der Waals surface area contributed by atoms with Gasteiger partial charge in [-0.25, -0.2) is 4.98 Å². The molecule has 2 aromatic rings. The number of benzene rings is 1. The molecule has 0 aliphatic heterocycles. The van der Waals surface area contributed by atoms with Crippen molar-refractivity contribution in [2.45, 2.75) is 38.0 Å². The van der Waals surface area contributed by atoms with Crippen LogP contribution in [0.2, 0.25) is 0 Å². The molecule has 3 rings (SSSR count). The highest BCUT2D eigenvalue weighted by Crippen LogP contribution is 2.39. The molecule has 0 amide bonds. The van der Waals surface area contributed by atoms with Crippen molar-refractivity contribution in [2.24, 2.45) is 5.73 Å². The molecule has 0 radical (unpaired) electrons. The summed E-state index contributed by atoms with van der Waals surface area (Å²) in [4.78, 5) is 6.30. The summed E-state index contributed by atoms with van der Waals surface area (Å²) in [5, 5.41) is 1.33. The van der Waals surface area contributed by atoms with E-state index >= 15 is 0 Å². The van der Waals surface area contributed by atoms with Gasteiger partial charge in [0.25, 0.3) is 0 Å². The summed E-state index contributed by atoms with van der Waals surface area (Å²) in [6, 6.07) is 10.5. The minimum absolute atomic E-state index is 0.694. The van der Waals surface area contributed by atoms with Gasteiger partial charge in [-0.05, 0) is 25.8 Å². The average Bonchev–Trinajstić information content (AvgIpc) is 3.08. The summed E-state index contributed by atoms with van der Waals surface area (Å²) >= 11 is 1.89. The summed E-state index contributed by atoms with van der Waals surface area (Å²) in [6.07, 6.45) is 6.27. The first-order valence-electron chi connectivity index (χ1n) is 7.13. The second-order valence-corrected chi connectivity index (χ2v) is 6.33. The lowest BCUT2D eigenvalue weighted by atomic mass is 10.1. The molecule has 1 aromatic heterocycles. The third kappa shape index (κ3) is 2.72. The van der Waals surface area contributed by atoms with Crippen LogP contribution in [0.1, 0.15) is 41.5 Å². The van der Waals surface area contributed by atoms with Gasteiger partial charge in [0.1, 0.15) is 0 Å². The molecule has 1 heterocycles. The SMILES string of the molecule is NCCc1sc(C2CCCC2)nc1-c1ccccc1. The van der Waals surface area contributed by atoms with Crippen LogP contribution in [0.15, 0.2) is 30.3 Å². The third-order valence-electron chi connectivity index (χ3n) is 3.84. The largest absolute Gasteiger partial charge is 0.330 e. The number of nitrogens with zero attached hydrogens (tertiary/aromatic N) is 1. The predicted octanol–water partition coefficient (Wildman–Crippen LogP) is 3.97. The third-order valence-corrected chi connectivity index (χ3v) is 5.11. The van der Waals surface area contributed by atoms with Gasteiger partial charge >= 0.3 is 0 Å². The molecule has 1 fully saturated rings. The van der Waals surface area contributed by atoms with Gasteiger partial charge in [-0.1, -0.05) is 43.2 Å². The van der Waals surface area contributed by atoms with Crippen LogP contribution in [0.3, 0.4) is 0 Å². The quantitative estimate of drug-likeness (QED) is 0.914. The Morgan fingerprint density at radius 2 is 1.89 bits per heavy atom. The van der Waals surface area contributed by atoms with Crippen LogP contribution in [-0.4, -0.2) is 11.5 Å². The van der Waals surface area contributed by atoms with Gasteiger partial charge in [0.2, 0.25) is 0 Å². The molecule has 19 heavy (non-hydrogen) atoms. The zero-order chi connectivity index (χ0) is 13.1. The minimum Gasteiger partial charge on any atom is -0.330 e. The molecule has 100 valence electrons. The number of hydrogen-bond donors (Lipinski definition) is 1. The lowest BCUT2D eigenvalue weighted by Gasteiger charge is -2.02. The molecule has 2 nitrogen and oxygen atoms in total. The fourth-order valence-corrected chi connectivity index (χ4v) is 4.11. The standard InChI is InChI=1S/C16H20N2S/c17-11-10-14-15(12-6-2-1-3-7-12)18-16(19-14)13-8-4-5-9-13/h1-3,6-7,13H,4-5,8-11,17H2. The van der Waals surface area contributed by atoms with Crippen LogP contribution in [0.4, 0.5) is 0 Å². The molecular weight excluding hydrogens is 252 g/mol. The summed E-state index contributed by atoms with van der Waals surface area (Å²) in [6.45, 7) is 0.701. The number of aromatic nitrogens is 1. The fraction of sp³-hybridized carbons (Fsp3) is 0.438. The Morgan fingerprint density at radius 1 is 1.16 bits per heavy atom. The van der Waals surface area contributed by atoms with E-state index in [1.54, 1.807) is 0 Å². The first-order valence-corrected chi connectivity index (χ1v) is 7.95. The first kappa shape index (κ1) is 12.8. The van der Waals surface area contributed by atoms with Gasteiger partial charge in [0.05, 0.1) is 10.7 Å². The molecule has 1 aromatic carbocycles. The Balaban J connectivity index is 1.97. The molecule has 0 spiro atoms. The van der Waals surface area contributed by atoms with Crippen molar-refractivity contribution >= 4 is 11.3 Å². The van der Waals surface area contributed by atoms with E-state index in [0.29, 0.717) is 12.5 Å². The van der Waals surface area contributed by atoms with Crippen molar-refractivity contribution in [3.63, 3.8) is 0 Å². The van der Waals surface area contributed by atoms with Gasteiger partial charge in [-0.15, -0.1) is 11.3 Å². The van der Waals surface area contributed by atoms with Gasteiger partial charge < -0.3 is 5.73 Å². The minimum atomic E-state index is 0.694. The predicted molar refractivity (Wildman–Crippen MR) is 81.5 cm³/mol. The fourth-order valence-electron chi connectivity index (χ4n) is 2.84. The van der Waals surface area contributed by atoms with Gasteiger partial charge in [0.15, 0.2) is 0 Å². The topological polar surface area (TPSA) is 38.9 Å². The second-order valence-electron chi connectivity index (χ2n) is 5.21. The van der Waals surface area contributed by atoms with Crippen molar-refractivity contribution < 1.29 is 0 Å². The van der Waals surface area contributed by atoms with Crippen LogP contribution < -0.4 is 5.73 Å². The Morgan fingerprint density at radius 3 is 2.58 bits per heavy atom. The highest BCUT2D eigenvalue weighted by atomic mass is 32.1. The van der Waals surface area contributed by atoms with E-state index in [1.165, 1.54) is 41.1 Å². The van der Waals surface area contributed by atoms with Crippen molar-refractivity contribution in [1.82, 2.24) is 4.98 Å². The van der Waals surface area contributed by atoms with Crippen molar-refractivity contribution in [1.29, 1.82) is 0 Å². The van der Waals surface area contributed by atoms with Gasteiger partial charge in [-0.3, -0.25) is 0 Å². The summed E-state index contributed by atoms with van der Waals surface area (Å²) in [5.74, 6) is 0.694. The molecule has 3 heteroatoms. The van der Waals surface area contributed by atoms with Crippen LogP contribution in [0.25, 0.3) is 11.3 Å². The van der Waals surface area contributed by atoms with Crippen LogP contribution in [0.5, 0.6) is 0 Å². The second kappa shape index (κ2) is 5.85. The molecule has 2 N–H and O–H groups in total. The molecule has 0 atom stereocenters. The Hall–Kier alpha value is -1.19. The summed E-state index contributed by atoms with van der Waals surface area (Å²) in [5.41, 5.74) is 8.14. The lowest BCUT2D eigenvalue weighted by molar-refractivity contribution is 0.717. The van der Waals surface area contributed by atoms with Crippen LogP contribution >= 0.6 is 11.3 Å². The normalized spacial score (nSPS) is 16.1. The molecule has 0 bridgehead atoms.